The zero-order valence-corrected chi connectivity index (χ0v) is 10.6. The van der Waals surface area contributed by atoms with Crippen LogP contribution in [0.2, 0.25) is 0 Å². The van der Waals surface area contributed by atoms with Crippen molar-refractivity contribution in [1.82, 2.24) is 4.90 Å². The van der Waals surface area contributed by atoms with Gasteiger partial charge in [-0.15, -0.1) is 0 Å². The molecule has 2 fully saturated rings. The lowest BCUT2D eigenvalue weighted by Gasteiger charge is -2.29. The second-order valence-corrected chi connectivity index (χ2v) is 5.64. The first-order chi connectivity index (χ1) is 8.13. The molecule has 1 saturated heterocycles. The second-order valence-electron chi connectivity index (χ2n) is 5.64. The number of rotatable bonds is 4. The summed E-state index contributed by atoms with van der Waals surface area (Å²) in [7, 11) is 0. The molecule has 2 N–H and O–H groups in total. The highest BCUT2D eigenvalue weighted by Crippen LogP contribution is 2.49. The minimum absolute atomic E-state index is 0.201. The Morgan fingerprint density at radius 2 is 2.12 bits per heavy atom. The molecule has 1 saturated carbocycles. The Morgan fingerprint density at radius 3 is 2.59 bits per heavy atom. The van der Waals surface area contributed by atoms with E-state index in [1.54, 1.807) is 0 Å². The molecule has 2 aliphatic rings. The molecular formula is C13H23NO3. The summed E-state index contributed by atoms with van der Waals surface area (Å²) in [6, 6.07) is -0.371. The van der Waals surface area contributed by atoms with E-state index in [4.69, 9.17) is 0 Å². The molecule has 0 aromatic heterocycles. The van der Waals surface area contributed by atoms with E-state index in [0.717, 1.165) is 25.9 Å². The summed E-state index contributed by atoms with van der Waals surface area (Å²) in [5.74, 6) is -0.447. The summed E-state index contributed by atoms with van der Waals surface area (Å²) in [6.07, 6.45) is 5.42. The van der Waals surface area contributed by atoms with Crippen LogP contribution in [0.1, 0.15) is 39.0 Å². The van der Waals surface area contributed by atoms with Crippen LogP contribution in [-0.2, 0) is 4.79 Å². The topological polar surface area (TPSA) is 60.8 Å². The highest BCUT2D eigenvalue weighted by atomic mass is 16.4. The molecule has 1 spiro atoms. The molecule has 98 valence electrons. The van der Waals surface area contributed by atoms with Crippen molar-refractivity contribution < 1.29 is 15.0 Å². The molecule has 2 atom stereocenters. The van der Waals surface area contributed by atoms with E-state index >= 15 is 0 Å². The van der Waals surface area contributed by atoms with Crippen LogP contribution >= 0.6 is 0 Å². The molecule has 0 aromatic rings. The number of hydrogen-bond acceptors (Lipinski definition) is 3. The van der Waals surface area contributed by atoms with Crippen molar-refractivity contribution in [1.29, 1.82) is 0 Å². The number of aliphatic hydroxyl groups excluding tert-OH is 1. The average Bonchev–Trinajstić information content (AvgIpc) is 2.88. The third-order valence-corrected chi connectivity index (χ3v) is 4.77. The predicted octanol–water partition coefficient (Wildman–Crippen LogP) is 1.33. The lowest BCUT2D eigenvalue weighted by Crippen LogP contribution is -2.40. The van der Waals surface area contributed by atoms with Gasteiger partial charge in [0, 0.05) is 25.6 Å². The van der Waals surface area contributed by atoms with Gasteiger partial charge >= 0.3 is 5.97 Å². The number of hydrogen-bond donors (Lipinski definition) is 2. The summed E-state index contributed by atoms with van der Waals surface area (Å²) in [6.45, 7) is 3.74. The predicted molar refractivity (Wildman–Crippen MR) is 64.8 cm³/mol. The molecule has 0 amide bonds. The van der Waals surface area contributed by atoms with Gasteiger partial charge in [0.2, 0.25) is 0 Å². The van der Waals surface area contributed by atoms with Crippen LogP contribution < -0.4 is 0 Å². The van der Waals surface area contributed by atoms with E-state index in [9.17, 15) is 15.0 Å². The van der Waals surface area contributed by atoms with Crippen molar-refractivity contribution in [2.24, 2.45) is 11.3 Å². The fourth-order valence-corrected chi connectivity index (χ4v) is 3.80. The maximum atomic E-state index is 11.2. The van der Waals surface area contributed by atoms with Gasteiger partial charge in [0.25, 0.3) is 0 Å². The van der Waals surface area contributed by atoms with Crippen molar-refractivity contribution in [2.75, 3.05) is 19.7 Å². The molecule has 17 heavy (non-hydrogen) atoms. The van der Waals surface area contributed by atoms with Gasteiger partial charge in [-0.05, 0) is 24.7 Å². The number of likely N-dealkylation sites (tertiary alicyclic amines) is 1. The molecule has 0 radical (unpaired) electrons. The highest BCUT2D eigenvalue weighted by Gasteiger charge is 2.49. The van der Waals surface area contributed by atoms with Crippen LogP contribution in [0.4, 0.5) is 0 Å². The smallest absolute Gasteiger partial charge is 0.320 e. The quantitative estimate of drug-likeness (QED) is 0.779. The average molecular weight is 241 g/mol. The zero-order chi connectivity index (χ0) is 12.5. The first-order valence-corrected chi connectivity index (χ1v) is 6.70. The van der Waals surface area contributed by atoms with Crippen LogP contribution in [0.3, 0.4) is 0 Å². The minimum Gasteiger partial charge on any atom is -0.480 e. The van der Waals surface area contributed by atoms with Crippen molar-refractivity contribution in [3.8, 4) is 0 Å². The molecular weight excluding hydrogens is 218 g/mol. The van der Waals surface area contributed by atoms with Crippen LogP contribution in [0.25, 0.3) is 0 Å². The highest BCUT2D eigenvalue weighted by molar-refractivity contribution is 5.73. The van der Waals surface area contributed by atoms with E-state index in [2.05, 4.69) is 4.90 Å². The van der Waals surface area contributed by atoms with Crippen molar-refractivity contribution in [2.45, 2.75) is 45.1 Å². The fourth-order valence-electron chi connectivity index (χ4n) is 3.80. The van der Waals surface area contributed by atoms with Crippen LogP contribution in [0.15, 0.2) is 0 Å². The van der Waals surface area contributed by atoms with Gasteiger partial charge in [0.15, 0.2) is 0 Å². The first-order valence-electron chi connectivity index (χ1n) is 6.70. The Hall–Kier alpha value is -0.610. The van der Waals surface area contributed by atoms with Gasteiger partial charge < -0.3 is 10.2 Å². The van der Waals surface area contributed by atoms with Crippen LogP contribution in [0, 0.1) is 11.3 Å². The van der Waals surface area contributed by atoms with Crippen molar-refractivity contribution >= 4 is 5.97 Å². The van der Waals surface area contributed by atoms with E-state index in [1.165, 1.54) is 12.8 Å². The molecule has 0 aromatic carbocycles. The Kier molecular flexibility index (Phi) is 3.73. The van der Waals surface area contributed by atoms with E-state index in [1.807, 2.05) is 6.92 Å². The molecule has 1 aliphatic carbocycles. The number of carbonyl (C=O) groups is 1. The maximum Gasteiger partial charge on any atom is 0.320 e. The number of carboxylic acids is 1. The van der Waals surface area contributed by atoms with Gasteiger partial charge in [-0.25, -0.2) is 0 Å². The number of nitrogens with zero attached hydrogens (tertiary/aromatic N) is 1. The summed E-state index contributed by atoms with van der Waals surface area (Å²) in [5, 5.41) is 18.7. The maximum absolute atomic E-state index is 11.2. The van der Waals surface area contributed by atoms with Crippen molar-refractivity contribution in [3.05, 3.63) is 0 Å². The first kappa shape index (κ1) is 12.8. The third-order valence-electron chi connectivity index (χ3n) is 4.77. The molecule has 4 nitrogen and oxygen atoms in total. The lowest BCUT2D eigenvalue weighted by atomic mass is 9.77. The van der Waals surface area contributed by atoms with Gasteiger partial charge in [-0.3, -0.25) is 9.69 Å². The summed E-state index contributed by atoms with van der Waals surface area (Å²) < 4.78 is 0. The fraction of sp³-hybridized carbons (Fsp3) is 0.923. The Morgan fingerprint density at radius 1 is 1.47 bits per heavy atom. The van der Waals surface area contributed by atoms with E-state index in [0.29, 0.717) is 6.42 Å². The summed E-state index contributed by atoms with van der Waals surface area (Å²) >= 11 is 0. The second kappa shape index (κ2) is 4.94. The van der Waals surface area contributed by atoms with Gasteiger partial charge in [0.05, 0.1) is 0 Å². The molecule has 2 rings (SSSR count). The molecule has 4 heteroatoms. The Bertz CT molecular complexity index is 286. The number of aliphatic carboxylic acids is 1. The van der Waals surface area contributed by atoms with Gasteiger partial charge in [0.1, 0.15) is 6.04 Å². The normalized spacial score (nSPS) is 29.9. The molecule has 1 heterocycles. The number of carboxylic acid groups (broad SMARTS) is 1. The minimum atomic E-state index is -0.723. The van der Waals surface area contributed by atoms with Crippen molar-refractivity contribution in [3.63, 3.8) is 0 Å². The third kappa shape index (κ3) is 2.20. The van der Waals surface area contributed by atoms with E-state index in [-0.39, 0.29) is 24.0 Å². The summed E-state index contributed by atoms with van der Waals surface area (Å²) in [5.41, 5.74) is 0.206. The van der Waals surface area contributed by atoms with Crippen LogP contribution in [-0.4, -0.2) is 46.8 Å². The molecule has 0 bridgehead atoms. The monoisotopic (exact) mass is 241 g/mol. The number of aliphatic hydroxyl groups is 1. The van der Waals surface area contributed by atoms with Gasteiger partial charge in [-0.1, -0.05) is 19.8 Å². The molecule has 1 aliphatic heterocycles. The molecule has 0 unspecified atom stereocenters. The van der Waals surface area contributed by atoms with Crippen LogP contribution in [0.5, 0.6) is 0 Å². The van der Waals surface area contributed by atoms with E-state index < -0.39 is 5.97 Å². The standard InChI is InChI=1S/C13H23NO3/c1-2-11(12(16)17)14-7-10(8-15)13(9-14)5-3-4-6-13/h10-11,15H,2-9H2,1H3,(H,16,17)/t10-,11-/m1/s1. The SMILES string of the molecule is CC[C@H](C(=O)O)N1C[C@H](CO)C2(CCCC2)C1. The summed E-state index contributed by atoms with van der Waals surface area (Å²) in [4.78, 5) is 13.3. The Balaban J connectivity index is 2.11. The largest absolute Gasteiger partial charge is 0.480 e. The van der Waals surface area contributed by atoms with Gasteiger partial charge in [-0.2, -0.15) is 0 Å². The lowest BCUT2D eigenvalue weighted by molar-refractivity contribution is -0.143. The zero-order valence-electron chi connectivity index (χ0n) is 10.6. The Labute approximate surface area is 103 Å².